The van der Waals surface area contributed by atoms with Gasteiger partial charge in [0.05, 0.1) is 10.0 Å². The third-order valence-corrected chi connectivity index (χ3v) is 3.28. The first-order valence-electron chi connectivity index (χ1n) is 7.01. The maximum absolute atomic E-state index is 13.9. The standard InChI is InChI=1S/C16H16BrFN2O4/c1-16(2,3)24-15(22)13(21)10-7-9(5-6-12(10)18)23-14-11(17)8-20(4)19-14/h5-8H,1-4H3. The zero-order valence-electron chi connectivity index (χ0n) is 13.6. The monoisotopic (exact) mass is 398 g/mol. The van der Waals surface area contributed by atoms with Gasteiger partial charge in [0.2, 0.25) is 0 Å². The van der Waals surface area contributed by atoms with Gasteiger partial charge in [0, 0.05) is 13.2 Å². The third-order valence-electron chi connectivity index (χ3n) is 2.73. The highest BCUT2D eigenvalue weighted by atomic mass is 79.9. The minimum Gasteiger partial charge on any atom is -0.454 e. The number of ether oxygens (including phenoxy) is 2. The van der Waals surface area contributed by atoms with Crippen LogP contribution in [0.3, 0.4) is 0 Å². The molecule has 0 amide bonds. The van der Waals surface area contributed by atoms with E-state index in [0.717, 1.165) is 12.1 Å². The van der Waals surface area contributed by atoms with Crippen LogP contribution in [-0.2, 0) is 16.6 Å². The van der Waals surface area contributed by atoms with Gasteiger partial charge in [0.25, 0.3) is 11.7 Å². The van der Waals surface area contributed by atoms with E-state index in [1.165, 1.54) is 10.7 Å². The van der Waals surface area contributed by atoms with Crippen molar-refractivity contribution in [2.24, 2.45) is 7.05 Å². The SMILES string of the molecule is Cn1cc(Br)c(Oc2ccc(F)c(C(=O)C(=O)OC(C)(C)C)c2)n1. The number of carbonyl (C=O) groups is 2. The first-order chi connectivity index (χ1) is 11.1. The summed E-state index contributed by atoms with van der Waals surface area (Å²) in [6, 6.07) is 3.52. The Balaban J connectivity index is 2.27. The van der Waals surface area contributed by atoms with Gasteiger partial charge < -0.3 is 9.47 Å². The average Bonchev–Trinajstić information content (AvgIpc) is 2.76. The quantitative estimate of drug-likeness (QED) is 0.446. The molecule has 0 bridgehead atoms. The molecule has 1 heterocycles. The number of rotatable bonds is 4. The topological polar surface area (TPSA) is 70.4 Å². The minimum absolute atomic E-state index is 0.169. The summed E-state index contributed by atoms with van der Waals surface area (Å²) < 4.78 is 26.5. The van der Waals surface area contributed by atoms with Crippen molar-refractivity contribution in [2.45, 2.75) is 26.4 Å². The second kappa shape index (κ2) is 6.72. The van der Waals surface area contributed by atoms with Gasteiger partial charge in [-0.25, -0.2) is 9.18 Å². The van der Waals surface area contributed by atoms with Crippen LogP contribution in [0.4, 0.5) is 4.39 Å². The van der Waals surface area contributed by atoms with Crippen molar-refractivity contribution >= 4 is 27.7 Å². The number of nitrogens with zero attached hydrogens (tertiary/aromatic N) is 2. The largest absolute Gasteiger partial charge is 0.454 e. The highest BCUT2D eigenvalue weighted by Gasteiger charge is 2.27. The second-order valence-electron chi connectivity index (χ2n) is 6.03. The van der Waals surface area contributed by atoms with E-state index in [1.54, 1.807) is 34.0 Å². The van der Waals surface area contributed by atoms with Crippen molar-refractivity contribution in [3.8, 4) is 11.6 Å². The molecule has 0 radical (unpaired) electrons. The molecule has 0 saturated heterocycles. The molecule has 0 unspecified atom stereocenters. The normalized spacial score (nSPS) is 11.2. The molecule has 0 spiro atoms. The molecule has 0 aliphatic heterocycles. The molecule has 8 heteroatoms. The van der Waals surface area contributed by atoms with E-state index >= 15 is 0 Å². The molecule has 2 rings (SSSR count). The summed E-state index contributed by atoms with van der Waals surface area (Å²) in [6.07, 6.45) is 1.67. The predicted molar refractivity (Wildman–Crippen MR) is 87.6 cm³/mol. The predicted octanol–water partition coefficient (Wildman–Crippen LogP) is 3.64. The molecule has 24 heavy (non-hydrogen) atoms. The van der Waals surface area contributed by atoms with Gasteiger partial charge in [-0.2, -0.15) is 0 Å². The van der Waals surface area contributed by atoms with Crippen LogP contribution in [0, 0.1) is 5.82 Å². The maximum Gasteiger partial charge on any atom is 0.380 e. The molecule has 0 aliphatic carbocycles. The number of aromatic nitrogens is 2. The van der Waals surface area contributed by atoms with Crippen molar-refractivity contribution in [3.63, 3.8) is 0 Å². The van der Waals surface area contributed by atoms with Crippen LogP contribution in [0.5, 0.6) is 11.6 Å². The van der Waals surface area contributed by atoms with Gasteiger partial charge in [0.1, 0.15) is 17.2 Å². The Labute approximate surface area is 146 Å². The lowest BCUT2D eigenvalue weighted by atomic mass is 10.1. The summed E-state index contributed by atoms with van der Waals surface area (Å²) in [5.74, 6) is -2.62. The van der Waals surface area contributed by atoms with Crippen LogP contribution in [0.15, 0.2) is 28.9 Å². The van der Waals surface area contributed by atoms with Gasteiger partial charge in [-0.15, -0.1) is 5.10 Å². The maximum atomic E-state index is 13.9. The van der Waals surface area contributed by atoms with Crippen LogP contribution in [0.1, 0.15) is 31.1 Å². The van der Waals surface area contributed by atoms with E-state index in [4.69, 9.17) is 9.47 Å². The third kappa shape index (κ3) is 4.41. The Morgan fingerprint density at radius 2 is 1.96 bits per heavy atom. The Bertz CT molecular complexity index is 796. The molecule has 1 aromatic heterocycles. The lowest BCUT2D eigenvalue weighted by Gasteiger charge is -2.18. The van der Waals surface area contributed by atoms with Crippen LogP contribution < -0.4 is 4.74 Å². The van der Waals surface area contributed by atoms with Gasteiger partial charge in [0.15, 0.2) is 0 Å². The zero-order valence-corrected chi connectivity index (χ0v) is 15.2. The molecule has 0 N–H and O–H groups in total. The number of carbonyl (C=O) groups excluding carboxylic acids is 2. The minimum atomic E-state index is -1.13. The molecular weight excluding hydrogens is 383 g/mol. The molecule has 0 aliphatic rings. The second-order valence-corrected chi connectivity index (χ2v) is 6.88. The molecular formula is C16H16BrFN2O4. The van der Waals surface area contributed by atoms with E-state index in [-0.39, 0.29) is 11.6 Å². The highest BCUT2D eigenvalue weighted by molar-refractivity contribution is 9.10. The average molecular weight is 399 g/mol. The number of hydrogen-bond donors (Lipinski definition) is 0. The Morgan fingerprint density at radius 1 is 1.29 bits per heavy atom. The van der Waals surface area contributed by atoms with Crippen molar-refractivity contribution < 1.29 is 23.5 Å². The number of esters is 1. The smallest absolute Gasteiger partial charge is 0.380 e. The number of halogens is 2. The molecule has 0 atom stereocenters. The summed E-state index contributed by atoms with van der Waals surface area (Å²) in [5.41, 5.74) is -1.27. The number of ketones is 1. The van der Waals surface area contributed by atoms with Gasteiger partial charge in [-0.3, -0.25) is 9.48 Å². The van der Waals surface area contributed by atoms with Crippen LogP contribution >= 0.6 is 15.9 Å². The van der Waals surface area contributed by atoms with Crippen molar-refractivity contribution in [2.75, 3.05) is 0 Å². The summed E-state index contributed by atoms with van der Waals surface area (Å²) in [7, 11) is 1.71. The van der Waals surface area contributed by atoms with Crippen LogP contribution in [0.25, 0.3) is 0 Å². The van der Waals surface area contributed by atoms with E-state index in [1.807, 2.05) is 0 Å². The first kappa shape index (κ1) is 18.1. The van der Waals surface area contributed by atoms with Crippen LogP contribution in [-0.4, -0.2) is 27.1 Å². The molecule has 0 saturated carbocycles. The van der Waals surface area contributed by atoms with Gasteiger partial charge in [-0.05, 0) is 54.9 Å². The fourth-order valence-electron chi connectivity index (χ4n) is 1.80. The number of benzene rings is 1. The molecule has 0 fully saturated rings. The molecule has 1 aromatic carbocycles. The van der Waals surface area contributed by atoms with E-state index < -0.39 is 28.7 Å². The number of Topliss-reactive ketones (excluding diaryl/α,β-unsaturated/α-hetero) is 1. The van der Waals surface area contributed by atoms with E-state index in [9.17, 15) is 14.0 Å². The highest BCUT2D eigenvalue weighted by Crippen LogP contribution is 2.29. The fourth-order valence-corrected chi connectivity index (χ4v) is 2.25. The number of aryl methyl sites for hydroxylation is 1. The Kier molecular flexibility index (Phi) is 5.08. The molecule has 2 aromatic rings. The lowest BCUT2D eigenvalue weighted by molar-refractivity contribution is -0.148. The van der Waals surface area contributed by atoms with Gasteiger partial charge in [-0.1, -0.05) is 0 Å². The van der Waals surface area contributed by atoms with E-state index in [0.29, 0.717) is 4.47 Å². The summed E-state index contributed by atoms with van der Waals surface area (Å²) >= 11 is 3.27. The first-order valence-corrected chi connectivity index (χ1v) is 7.80. The Hall–Kier alpha value is -2.22. The lowest BCUT2D eigenvalue weighted by Crippen LogP contribution is -2.29. The summed E-state index contributed by atoms with van der Waals surface area (Å²) in [5, 5.41) is 4.06. The number of hydrogen-bond acceptors (Lipinski definition) is 5. The fraction of sp³-hybridized carbons (Fsp3) is 0.312. The van der Waals surface area contributed by atoms with Crippen LogP contribution in [0.2, 0.25) is 0 Å². The van der Waals surface area contributed by atoms with Crippen molar-refractivity contribution in [1.29, 1.82) is 0 Å². The van der Waals surface area contributed by atoms with Crippen molar-refractivity contribution in [1.82, 2.24) is 9.78 Å². The zero-order chi connectivity index (χ0) is 18.1. The van der Waals surface area contributed by atoms with Gasteiger partial charge >= 0.3 is 5.97 Å². The van der Waals surface area contributed by atoms with Crippen molar-refractivity contribution in [3.05, 3.63) is 40.2 Å². The summed E-state index contributed by atoms with van der Waals surface area (Å²) in [4.78, 5) is 24.0. The molecule has 128 valence electrons. The molecule has 6 nitrogen and oxygen atoms in total. The summed E-state index contributed by atoms with van der Waals surface area (Å²) in [6.45, 7) is 4.85. The Morgan fingerprint density at radius 3 is 2.50 bits per heavy atom. The van der Waals surface area contributed by atoms with E-state index in [2.05, 4.69) is 21.0 Å².